The van der Waals surface area contributed by atoms with Gasteiger partial charge in [0.05, 0.1) is 10.0 Å². The smallest absolute Gasteiger partial charge is 0.153 e. The molecule has 16 heavy (non-hydrogen) atoms. The quantitative estimate of drug-likeness (QED) is 0.624. The minimum atomic E-state index is 0.584. The molecule has 0 amide bonds. The van der Waals surface area contributed by atoms with Gasteiger partial charge in [0.15, 0.2) is 6.29 Å². The fraction of sp³-hybridized carbons (Fsp3) is 0. The molecule has 78 valence electrons. The second kappa shape index (κ2) is 3.46. The van der Waals surface area contributed by atoms with Crippen LogP contribution >= 0.6 is 15.9 Å². The summed E-state index contributed by atoms with van der Waals surface area (Å²) in [6, 6.07) is 11.4. The largest absolute Gasteiger partial charge is 0.454 e. The molecule has 0 unspecified atom stereocenters. The van der Waals surface area contributed by atoms with Gasteiger partial charge in [0, 0.05) is 10.8 Å². The molecule has 2 nitrogen and oxygen atoms in total. The van der Waals surface area contributed by atoms with Gasteiger partial charge in [0.1, 0.15) is 11.2 Å². The highest BCUT2D eigenvalue weighted by atomic mass is 79.9. The van der Waals surface area contributed by atoms with Gasteiger partial charge in [-0.05, 0) is 28.1 Å². The first-order chi connectivity index (χ1) is 7.81. The van der Waals surface area contributed by atoms with Gasteiger partial charge >= 0.3 is 0 Å². The Bertz CT molecular complexity index is 698. The summed E-state index contributed by atoms with van der Waals surface area (Å²) < 4.78 is 6.63. The number of hydrogen-bond donors (Lipinski definition) is 0. The molecule has 0 saturated carbocycles. The Kier molecular flexibility index (Phi) is 2.07. The lowest BCUT2D eigenvalue weighted by molar-refractivity contribution is 0.112. The second-order valence-corrected chi connectivity index (χ2v) is 4.41. The molecule has 0 bridgehead atoms. The first kappa shape index (κ1) is 9.60. The normalized spacial score (nSPS) is 11.1. The van der Waals surface area contributed by atoms with Crippen LogP contribution in [0.1, 0.15) is 10.4 Å². The van der Waals surface area contributed by atoms with E-state index in [2.05, 4.69) is 15.9 Å². The Hall–Kier alpha value is -1.61. The molecule has 0 N–H and O–H groups in total. The van der Waals surface area contributed by atoms with Crippen LogP contribution in [0.15, 0.2) is 45.3 Å². The Morgan fingerprint density at radius 1 is 1.00 bits per heavy atom. The van der Waals surface area contributed by atoms with E-state index in [0.717, 1.165) is 27.1 Å². The van der Waals surface area contributed by atoms with Crippen molar-refractivity contribution in [2.45, 2.75) is 0 Å². The fourth-order valence-electron chi connectivity index (χ4n) is 1.90. The highest BCUT2D eigenvalue weighted by molar-refractivity contribution is 9.10. The molecule has 3 rings (SSSR count). The number of carbonyl (C=O) groups is 1. The molecule has 0 aliphatic rings. The van der Waals surface area contributed by atoms with Crippen LogP contribution in [-0.2, 0) is 0 Å². The molecule has 3 aromatic rings. The molecule has 0 aliphatic heterocycles. The lowest BCUT2D eigenvalue weighted by Gasteiger charge is -1.90. The zero-order valence-electron chi connectivity index (χ0n) is 8.24. The number of furan rings is 1. The third kappa shape index (κ3) is 1.21. The summed E-state index contributed by atoms with van der Waals surface area (Å²) in [4.78, 5) is 10.9. The molecule has 2 aromatic carbocycles. The van der Waals surface area contributed by atoms with Gasteiger partial charge in [0.25, 0.3) is 0 Å². The predicted molar refractivity (Wildman–Crippen MR) is 66.8 cm³/mol. The third-order valence-electron chi connectivity index (χ3n) is 2.63. The van der Waals surface area contributed by atoms with E-state index < -0.39 is 0 Å². The number of carbonyl (C=O) groups excluding carboxylic acids is 1. The maximum Gasteiger partial charge on any atom is 0.153 e. The monoisotopic (exact) mass is 274 g/mol. The molecule has 0 fully saturated rings. The van der Waals surface area contributed by atoms with Gasteiger partial charge < -0.3 is 4.42 Å². The molecular formula is C13H7BrO2. The van der Waals surface area contributed by atoms with Crippen molar-refractivity contribution < 1.29 is 9.21 Å². The Morgan fingerprint density at radius 2 is 1.69 bits per heavy atom. The minimum Gasteiger partial charge on any atom is -0.454 e. The van der Waals surface area contributed by atoms with Crippen LogP contribution < -0.4 is 0 Å². The van der Waals surface area contributed by atoms with Crippen molar-refractivity contribution >= 4 is 44.2 Å². The summed E-state index contributed by atoms with van der Waals surface area (Å²) in [7, 11) is 0. The van der Waals surface area contributed by atoms with Gasteiger partial charge in [-0.1, -0.05) is 24.3 Å². The average molecular weight is 275 g/mol. The van der Waals surface area contributed by atoms with E-state index >= 15 is 0 Å². The van der Waals surface area contributed by atoms with Crippen molar-refractivity contribution in [3.05, 3.63) is 46.4 Å². The van der Waals surface area contributed by atoms with Crippen LogP contribution in [0, 0.1) is 0 Å². The van der Waals surface area contributed by atoms with E-state index in [0.29, 0.717) is 11.1 Å². The zero-order valence-corrected chi connectivity index (χ0v) is 9.82. The van der Waals surface area contributed by atoms with E-state index in [1.165, 1.54) is 0 Å². The molecule has 0 atom stereocenters. The lowest BCUT2D eigenvalue weighted by atomic mass is 10.1. The molecule has 0 aliphatic carbocycles. The Labute approximate surface area is 100.0 Å². The van der Waals surface area contributed by atoms with Crippen molar-refractivity contribution in [3.63, 3.8) is 0 Å². The number of benzene rings is 2. The molecule has 3 heteroatoms. The summed E-state index contributed by atoms with van der Waals surface area (Å²) >= 11 is 3.44. The Morgan fingerprint density at radius 3 is 2.44 bits per heavy atom. The summed E-state index contributed by atoms with van der Waals surface area (Å²) in [6.45, 7) is 0. The van der Waals surface area contributed by atoms with E-state index in [1.54, 1.807) is 6.07 Å². The van der Waals surface area contributed by atoms with E-state index in [-0.39, 0.29) is 0 Å². The van der Waals surface area contributed by atoms with Gasteiger partial charge in [-0.2, -0.15) is 0 Å². The Balaban J connectivity index is 2.60. The third-order valence-corrected chi connectivity index (χ3v) is 3.26. The molecule has 1 heterocycles. The van der Waals surface area contributed by atoms with Crippen LogP contribution in [0.5, 0.6) is 0 Å². The van der Waals surface area contributed by atoms with Gasteiger partial charge in [0.2, 0.25) is 0 Å². The zero-order chi connectivity index (χ0) is 11.1. The second-order valence-electron chi connectivity index (χ2n) is 3.56. The minimum absolute atomic E-state index is 0.584. The maximum absolute atomic E-state index is 10.9. The van der Waals surface area contributed by atoms with E-state index in [9.17, 15) is 4.79 Å². The van der Waals surface area contributed by atoms with Gasteiger partial charge in [-0.15, -0.1) is 0 Å². The van der Waals surface area contributed by atoms with Gasteiger partial charge in [-0.3, -0.25) is 4.79 Å². The van der Waals surface area contributed by atoms with Crippen molar-refractivity contribution in [1.29, 1.82) is 0 Å². The van der Waals surface area contributed by atoms with E-state index in [1.807, 2.05) is 30.3 Å². The first-order valence-corrected chi connectivity index (χ1v) is 5.65. The highest BCUT2D eigenvalue weighted by Crippen LogP contribution is 2.34. The number of para-hydroxylation sites is 2. The number of hydrogen-bond acceptors (Lipinski definition) is 2. The van der Waals surface area contributed by atoms with Crippen LogP contribution in [-0.4, -0.2) is 6.29 Å². The molecule has 0 saturated heterocycles. The molecule has 0 spiro atoms. The van der Waals surface area contributed by atoms with E-state index in [4.69, 9.17) is 4.42 Å². The van der Waals surface area contributed by atoms with Crippen LogP contribution in [0.2, 0.25) is 0 Å². The average Bonchev–Trinajstić information content (AvgIpc) is 2.69. The maximum atomic E-state index is 10.9. The van der Waals surface area contributed by atoms with Crippen molar-refractivity contribution in [2.75, 3.05) is 0 Å². The summed E-state index contributed by atoms with van der Waals surface area (Å²) in [5.74, 6) is 0. The topological polar surface area (TPSA) is 30.2 Å². The first-order valence-electron chi connectivity index (χ1n) is 4.86. The standard InChI is InChI=1S/C13H7BrO2/c14-11-6-2-5-10-9-4-1-3-8(7-15)12(9)16-13(10)11/h1-7H. The summed E-state index contributed by atoms with van der Waals surface area (Å²) in [5, 5.41) is 1.99. The summed E-state index contributed by atoms with van der Waals surface area (Å²) in [5.41, 5.74) is 2.02. The highest BCUT2D eigenvalue weighted by Gasteiger charge is 2.11. The fourth-order valence-corrected chi connectivity index (χ4v) is 2.35. The lowest BCUT2D eigenvalue weighted by Crippen LogP contribution is -1.78. The van der Waals surface area contributed by atoms with Crippen molar-refractivity contribution in [2.24, 2.45) is 0 Å². The van der Waals surface area contributed by atoms with Gasteiger partial charge in [-0.25, -0.2) is 0 Å². The predicted octanol–water partition coefficient (Wildman–Crippen LogP) is 4.16. The molecular weight excluding hydrogens is 268 g/mol. The number of aldehydes is 1. The SMILES string of the molecule is O=Cc1cccc2c1oc1c(Br)cccc12. The number of halogens is 1. The van der Waals surface area contributed by atoms with Crippen molar-refractivity contribution in [3.8, 4) is 0 Å². The van der Waals surface area contributed by atoms with Crippen LogP contribution in [0.3, 0.4) is 0 Å². The summed E-state index contributed by atoms with van der Waals surface area (Å²) in [6.07, 6.45) is 0.818. The number of rotatable bonds is 1. The van der Waals surface area contributed by atoms with Crippen molar-refractivity contribution in [1.82, 2.24) is 0 Å². The van der Waals surface area contributed by atoms with Crippen LogP contribution in [0.4, 0.5) is 0 Å². The number of fused-ring (bicyclic) bond motifs is 3. The molecule has 0 radical (unpaired) electrons. The molecule has 1 aromatic heterocycles. The van der Waals surface area contributed by atoms with Crippen LogP contribution in [0.25, 0.3) is 21.9 Å².